The van der Waals surface area contributed by atoms with Crippen molar-refractivity contribution < 1.29 is 44.6 Å². The summed E-state index contributed by atoms with van der Waals surface area (Å²) in [5.41, 5.74) is 0.347. The van der Waals surface area contributed by atoms with E-state index in [1.54, 1.807) is 0 Å². The van der Waals surface area contributed by atoms with Crippen LogP contribution in [0.3, 0.4) is 0 Å². The molecule has 0 aliphatic rings. The van der Waals surface area contributed by atoms with Crippen LogP contribution in [-0.2, 0) is 0 Å². The Bertz CT molecular complexity index is 1390. The van der Waals surface area contributed by atoms with Gasteiger partial charge in [0.1, 0.15) is 23.1 Å². The monoisotopic (exact) mass is 580 g/mol. The van der Waals surface area contributed by atoms with Crippen LogP contribution in [0.2, 0.25) is 0 Å². The lowest BCUT2D eigenvalue weighted by molar-refractivity contribution is -0.0247. The second-order valence-electron chi connectivity index (χ2n) is 9.30. The minimum Gasteiger partial charge on any atom is -0.493 e. The fraction of sp³-hybridized carbons (Fsp3) is 0.226. The molecule has 0 radical (unpaired) electrons. The van der Waals surface area contributed by atoms with Crippen LogP contribution in [0.15, 0.2) is 72.8 Å². The molecule has 216 valence electrons. The quantitative estimate of drug-likeness (QED) is 0.123. The van der Waals surface area contributed by atoms with E-state index in [4.69, 9.17) is 9.47 Å². The first-order chi connectivity index (χ1) is 19.5. The highest BCUT2D eigenvalue weighted by Gasteiger charge is 2.27. The van der Waals surface area contributed by atoms with Gasteiger partial charge in [-0.25, -0.2) is 35.1 Å². The second kappa shape index (κ2) is 13.1. The zero-order valence-electron chi connectivity index (χ0n) is 21.5. The molecule has 0 spiro atoms. The van der Waals surface area contributed by atoms with Gasteiger partial charge in [0, 0.05) is 36.1 Å². The smallest absolute Gasteiger partial charge is 0.248 e. The van der Waals surface area contributed by atoms with Crippen molar-refractivity contribution in [3.8, 4) is 33.8 Å². The summed E-state index contributed by atoms with van der Waals surface area (Å²) in [7, 11) is 0. The SMILES string of the molecule is Fc1ccc(-c2ccc(OCCCC(F)(F)CCCOc3ccc(-c4ccc(F)c(F)c4)c(F)c3)cc2F)cc1F. The molecular weight excluding hydrogens is 556 g/mol. The van der Waals surface area contributed by atoms with Gasteiger partial charge in [0.25, 0.3) is 0 Å². The molecule has 41 heavy (non-hydrogen) atoms. The molecule has 0 aromatic heterocycles. The van der Waals surface area contributed by atoms with Crippen molar-refractivity contribution in [3.05, 3.63) is 108 Å². The molecule has 0 aliphatic carbocycles. The van der Waals surface area contributed by atoms with Gasteiger partial charge in [-0.2, -0.15) is 0 Å². The van der Waals surface area contributed by atoms with Crippen LogP contribution >= 0.6 is 0 Å². The van der Waals surface area contributed by atoms with E-state index in [1.807, 2.05) is 0 Å². The van der Waals surface area contributed by atoms with E-state index >= 15 is 0 Å². The van der Waals surface area contributed by atoms with E-state index in [-0.39, 0.29) is 59.8 Å². The van der Waals surface area contributed by atoms with Gasteiger partial charge in [0.2, 0.25) is 5.92 Å². The highest BCUT2D eigenvalue weighted by atomic mass is 19.3. The number of hydrogen-bond donors (Lipinski definition) is 0. The molecule has 4 rings (SSSR count). The maximum Gasteiger partial charge on any atom is 0.248 e. The zero-order valence-corrected chi connectivity index (χ0v) is 21.5. The highest BCUT2D eigenvalue weighted by molar-refractivity contribution is 5.66. The summed E-state index contributed by atoms with van der Waals surface area (Å²) in [6.45, 7) is -0.195. The average Bonchev–Trinajstić information content (AvgIpc) is 2.93. The Hall–Kier alpha value is -4.08. The number of hydrogen-bond acceptors (Lipinski definition) is 2. The van der Waals surface area contributed by atoms with Gasteiger partial charge in [-0.05, 0) is 72.5 Å². The molecule has 0 unspecified atom stereocenters. The second-order valence-corrected chi connectivity index (χ2v) is 9.30. The number of rotatable bonds is 12. The summed E-state index contributed by atoms with van der Waals surface area (Å²) in [4.78, 5) is 0. The first-order valence-corrected chi connectivity index (χ1v) is 12.7. The zero-order chi connectivity index (χ0) is 29.6. The van der Waals surface area contributed by atoms with E-state index < -0.39 is 53.7 Å². The topological polar surface area (TPSA) is 18.5 Å². The molecule has 10 heteroatoms. The number of alkyl halides is 2. The maximum absolute atomic E-state index is 14.4. The third kappa shape index (κ3) is 7.99. The molecule has 0 bridgehead atoms. The summed E-state index contributed by atoms with van der Waals surface area (Å²) in [5, 5.41) is 0. The maximum atomic E-state index is 14.4. The molecule has 0 saturated heterocycles. The van der Waals surface area contributed by atoms with Crippen LogP contribution in [0.5, 0.6) is 11.5 Å². The molecule has 0 amide bonds. The van der Waals surface area contributed by atoms with Crippen LogP contribution in [0, 0.1) is 34.9 Å². The van der Waals surface area contributed by atoms with Gasteiger partial charge in [-0.3, -0.25) is 0 Å². The third-order valence-corrected chi connectivity index (χ3v) is 6.25. The van der Waals surface area contributed by atoms with E-state index in [1.165, 1.54) is 36.4 Å². The predicted octanol–water partition coefficient (Wildman–Crippen LogP) is 9.51. The average molecular weight is 581 g/mol. The Morgan fingerprint density at radius 2 is 0.878 bits per heavy atom. The van der Waals surface area contributed by atoms with E-state index in [0.717, 1.165) is 36.4 Å². The predicted molar refractivity (Wildman–Crippen MR) is 138 cm³/mol. The van der Waals surface area contributed by atoms with Gasteiger partial charge >= 0.3 is 0 Å². The first-order valence-electron chi connectivity index (χ1n) is 12.7. The van der Waals surface area contributed by atoms with Crippen LogP contribution in [0.4, 0.5) is 35.1 Å². The molecule has 4 aromatic rings. The Balaban J connectivity index is 1.19. The van der Waals surface area contributed by atoms with Crippen LogP contribution < -0.4 is 9.47 Å². The molecule has 0 N–H and O–H groups in total. The van der Waals surface area contributed by atoms with E-state index in [0.29, 0.717) is 0 Å². The summed E-state index contributed by atoms with van der Waals surface area (Å²) < 4.78 is 121. The molecule has 2 nitrogen and oxygen atoms in total. The van der Waals surface area contributed by atoms with Crippen molar-refractivity contribution in [3.63, 3.8) is 0 Å². The summed E-state index contributed by atoms with van der Waals surface area (Å²) in [6, 6.07) is 13.5. The molecule has 0 aliphatic heterocycles. The standard InChI is InChI=1S/C31H24F8O2/c32-25-9-3-19(15-29(25)36)23-7-5-21(17-27(23)34)40-13-1-11-31(38,39)12-2-14-41-22-6-8-24(28(35)18-22)20-4-10-26(33)30(37)16-20/h3-10,15-18H,1-2,11-14H2. The fourth-order valence-corrected chi connectivity index (χ4v) is 4.13. The van der Waals surface area contributed by atoms with Gasteiger partial charge in [-0.1, -0.05) is 12.1 Å². The van der Waals surface area contributed by atoms with Gasteiger partial charge in [0.05, 0.1) is 13.2 Å². The number of ether oxygens (including phenoxy) is 2. The lowest BCUT2D eigenvalue weighted by Crippen LogP contribution is -2.18. The van der Waals surface area contributed by atoms with Gasteiger partial charge in [0.15, 0.2) is 23.3 Å². The Kier molecular flexibility index (Phi) is 9.52. The first kappa shape index (κ1) is 29.9. The van der Waals surface area contributed by atoms with Crippen molar-refractivity contribution in [2.45, 2.75) is 31.6 Å². The molecular formula is C31H24F8O2. The normalized spacial score (nSPS) is 11.5. The highest BCUT2D eigenvalue weighted by Crippen LogP contribution is 2.30. The Labute approximate surface area is 231 Å². The largest absolute Gasteiger partial charge is 0.493 e. The lowest BCUT2D eigenvalue weighted by atomic mass is 10.0. The number of halogens is 8. The molecule has 0 saturated carbocycles. The molecule has 4 aromatic carbocycles. The van der Waals surface area contributed by atoms with Crippen LogP contribution in [0.25, 0.3) is 22.3 Å². The van der Waals surface area contributed by atoms with Crippen molar-refractivity contribution in [2.24, 2.45) is 0 Å². The minimum absolute atomic E-state index is 0.0168. The molecule has 0 atom stereocenters. The van der Waals surface area contributed by atoms with E-state index in [2.05, 4.69) is 0 Å². The number of benzene rings is 4. The van der Waals surface area contributed by atoms with Crippen molar-refractivity contribution in [2.75, 3.05) is 13.2 Å². The van der Waals surface area contributed by atoms with Crippen molar-refractivity contribution in [1.82, 2.24) is 0 Å². The lowest BCUT2D eigenvalue weighted by Gasteiger charge is -2.17. The van der Waals surface area contributed by atoms with Crippen molar-refractivity contribution >= 4 is 0 Å². The summed E-state index contributed by atoms with van der Waals surface area (Å²) in [6.07, 6.45) is -1.01. The van der Waals surface area contributed by atoms with Gasteiger partial charge < -0.3 is 9.47 Å². The van der Waals surface area contributed by atoms with Crippen LogP contribution in [-0.4, -0.2) is 19.1 Å². The third-order valence-electron chi connectivity index (χ3n) is 6.25. The van der Waals surface area contributed by atoms with E-state index in [9.17, 15) is 35.1 Å². The Morgan fingerprint density at radius 1 is 0.463 bits per heavy atom. The van der Waals surface area contributed by atoms with Gasteiger partial charge in [-0.15, -0.1) is 0 Å². The summed E-state index contributed by atoms with van der Waals surface area (Å²) >= 11 is 0. The minimum atomic E-state index is -3.02. The fourth-order valence-electron chi connectivity index (χ4n) is 4.13. The van der Waals surface area contributed by atoms with Crippen molar-refractivity contribution in [1.29, 1.82) is 0 Å². The molecule has 0 fully saturated rings. The molecule has 0 heterocycles. The van der Waals surface area contributed by atoms with Crippen LogP contribution in [0.1, 0.15) is 25.7 Å². The Morgan fingerprint density at radius 3 is 1.24 bits per heavy atom. The summed E-state index contributed by atoms with van der Waals surface area (Å²) in [5.74, 6) is -8.61.